The Morgan fingerprint density at radius 3 is 2.06 bits per heavy atom. The van der Waals surface area contributed by atoms with Gasteiger partial charge in [-0.1, -0.05) is 74.5 Å². The van der Waals surface area contributed by atoms with E-state index < -0.39 is 5.60 Å². The van der Waals surface area contributed by atoms with Crippen molar-refractivity contribution in [1.82, 2.24) is 10.2 Å². The van der Waals surface area contributed by atoms with Crippen LogP contribution >= 0.6 is 0 Å². The van der Waals surface area contributed by atoms with Crippen molar-refractivity contribution in [3.8, 4) is 0 Å². The molecule has 1 aliphatic heterocycles. The van der Waals surface area contributed by atoms with Crippen LogP contribution in [-0.4, -0.2) is 36.2 Å². The van der Waals surface area contributed by atoms with Gasteiger partial charge in [0.15, 0.2) is 0 Å². The molecule has 2 aromatic rings. The first-order chi connectivity index (χ1) is 14.6. The number of rotatable bonds is 6. The molecule has 4 heteroatoms. The highest BCUT2D eigenvalue weighted by Crippen LogP contribution is 2.49. The number of hydrogen-bond acceptors (Lipinski definition) is 3. The molecule has 0 radical (unpaired) electrons. The van der Waals surface area contributed by atoms with Crippen molar-refractivity contribution in [2.75, 3.05) is 19.6 Å². The van der Waals surface area contributed by atoms with E-state index in [2.05, 4.69) is 84.7 Å². The topological polar surface area (TPSA) is 41.6 Å². The molecule has 2 aromatic carbocycles. The lowest BCUT2D eigenvalue weighted by Gasteiger charge is -2.53. The minimum atomic E-state index is -0.474. The first-order valence-electron chi connectivity index (χ1n) is 11.5. The number of alkyl carbamates (subject to hydrolysis) is 1. The maximum atomic E-state index is 12.0. The SMILES string of the molecule is CC1(C)CCN(CCCNC(=O)OC(C)(C)C)C(c2ccccc2)(c2ccccc2)C1. The van der Waals surface area contributed by atoms with Crippen LogP contribution in [0.3, 0.4) is 0 Å². The van der Waals surface area contributed by atoms with Crippen molar-refractivity contribution < 1.29 is 9.53 Å². The van der Waals surface area contributed by atoms with Crippen molar-refractivity contribution in [3.63, 3.8) is 0 Å². The molecule has 3 rings (SSSR count). The van der Waals surface area contributed by atoms with Crippen LogP contribution < -0.4 is 5.32 Å². The highest BCUT2D eigenvalue weighted by Gasteiger charge is 2.47. The van der Waals surface area contributed by atoms with E-state index in [0.717, 1.165) is 32.4 Å². The maximum Gasteiger partial charge on any atom is 0.407 e. The van der Waals surface area contributed by atoms with Crippen LogP contribution in [0.5, 0.6) is 0 Å². The summed E-state index contributed by atoms with van der Waals surface area (Å²) in [5, 5.41) is 2.91. The molecule has 0 aromatic heterocycles. The van der Waals surface area contributed by atoms with Crippen molar-refractivity contribution in [3.05, 3.63) is 71.8 Å². The van der Waals surface area contributed by atoms with E-state index in [0.29, 0.717) is 6.54 Å². The third-order valence-electron chi connectivity index (χ3n) is 6.11. The van der Waals surface area contributed by atoms with Gasteiger partial charge in [0.2, 0.25) is 0 Å². The lowest BCUT2D eigenvalue weighted by atomic mass is 9.66. The zero-order valence-corrected chi connectivity index (χ0v) is 19.8. The van der Waals surface area contributed by atoms with Gasteiger partial charge in [-0.05, 0) is 63.1 Å². The summed E-state index contributed by atoms with van der Waals surface area (Å²) in [4.78, 5) is 14.6. The van der Waals surface area contributed by atoms with Crippen LogP contribution in [0.15, 0.2) is 60.7 Å². The van der Waals surface area contributed by atoms with Gasteiger partial charge in [0.05, 0.1) is 5.54 Å². The average molecular weight is 423 g/mol. The Balaban J connectivity index is 1.83. The van der Waals surface area contributed by atoms with Crippen molar-refractivity contribution >= 4 is 6.09 Å². The highest BCUT2D eigenvalue weighted by molar-refractivity contribution is 5.67. The minimum Gasteiger partial charge on any atom is -0.444 e. The van der Waals surface area contributed by atoms with Crippen LogP contribution in [-0.2, 0) is 10.3 Å². The summed E-state index contributed by atoms with van der Waals surface area (Å²) in [6, 6.07) is 21.8. The molecule has 1 heterocycles. The predicted octanol–water partition coefficient (Wildman–Crippen LogP) is 5.97. The molecule has 168 valence electrons. The second-order valence-corrected chi connectivity index (χ2v) is 10.5. The third-order valence-corrected chi connectivity index (χ3v) is 6.11. The molecule has 0 unspecified atom stereocenters. The summed E-state index contributed by atoms with van der Waals surface area (Å²) in [6.45, 7) is 13.0. The fourth-order valence-electron chi connectivity index (χ4n) is 4.76. The normalized spacial score (nSPS) is 18.4. The number of nitrogens with zero attached hydrogens (tertiary/aromatic N) is 1. The number of benzene rings is 2. The van der Waals surface area contributed by atoms with Gasteiger partial charge >= 0.3 is 6.09 Å². The summed E-state index contributed by atoms with van der Waals surface area (Å²) in [7, 11) is 0. The molecule has 31 heavy (non-hydrogen) atoms. The Morgan fingerprint density at radius 2 is 1.55 bits per heavy atom. The Bertz CT molecular complexity index is 801. The van der Waals surface area contributed by atoms with Crippen molar-refractivity contribution in [2.45, 2.75) is 65.0 Å². The molecule has 0 atom stereocenters. The van der Waals surface area contributed by atoms with Crippen LogP contribution in [0, 0.1) is 5.41 Å². The Hall–Kier alpha value is -2.33. The fourth-order valence-corrected chi connectivity index (χ4v) is 4.76. The molecule has 1 saturated heterocycles. The van der Waals surface area contributed by atoms with Crippen molar-refractivity contribution in [2.24, 2.45) is 5.41 Å². The van der Waals surface area contributed by atoms with E-state index >= 15 is 0 Å². The zero-order chi connectivity index (χ0) is 22.5. The Kier molecular flexibility index (Phi) is 7.10. The molecular weight excluding hydrogens is 384 g/mol. The van der Waals surface area contributed by atoms with Gasteiger partial charge in [0.25, 0.3) is 0 Å². The Morgan fingerprint density at radius 1 is 1.00 bits per heavy atom. The van der Waals surface area contributed by atoms with Crippen molar-refractivity contribution in [1.29, 1.82) is 0 Å². The zero-order valence-electron chi connectivity index (χ0n) is 19.8. The van der Waals surface area contributed by atoms with Gasteiger partial charge < -0.3 is 10.1 Å². The molecular formula is C27H38N2O2. The van der Waals surface area contributed by atoms with E-state index in [1.807, 2.05) is 20.8 Å². The molecule has 1 amide bonds. The molecule has 4 nitrogen and oxygen atoms in total. The van der Waals surface area contributed by atoms with E-state index in [-0.39, 0.29) is 17.0 Å². The number of nitrogens with one attached hydrogen (secondary N) is 1. The first-order valence-corrected chi connectivity index (χ1v) is 11.5. The summed E-state index contributed by atoms with van der Waals surface area (Å²) >= 11 is 0. The number of carbonyl (C=O) groups excluding carboxylic acids is 1. The van der Waals surface area contributed by atoms with Crippen LogP contribution in [0.4, 0.5) is 4.79 Å². The number of carbonyl (C=O) groups is 1. The Labute approximate surface area is 188 Å². The lowest BCUT2D eigenvalue weighted by Crippen LogP contribution is -2.55. The monoisotopic (exact) mass is 422 g/mol. The minimum absolute atomic E-state index is 0.170. The molecule has 1 fully saturated rings. The number of likely N-dealkylation sites (tertiary alicyclic amines) is 1. The van der Waals surface area contributed by atoms with Crippen LogP contribution in [0.2, 0.25) is 0 Å². The molecule has 0 spiro atoms. The fraction of sp³-hybridized carbons (Fsp3) is 0.519. The number of amides is 1. The van der Waals surface area contributed by atoms with Gasteiger partial charge in [0, 0.05) is 13.1 Å². The number of hydrogen-bond donors (Lipinski definition) is 1. The maximum absolute atomic E-state index is 12.0. The van der Waals surface area contributed by atoms with Gasteiger partial charge in [-0.3, -0.25) is 4.90 Å². The predicted molar refractivity (Wildman–Crippen MR) is 127 cm³/mol. The number of ether oxygens (including phenoxy) is 1. The quantitative estimate of drug-likeness (QED) is 0.583. The van der Waals surface area contributed by atoms with Gasteiger partial charge in [-0.15, -0.1) is 0 Å². The van der Waals surface area contributed by atoms with E-state index in [9.17, 15) is 4.79 Å². The molecule has 0 saturated carbocycles. The summed E-state index contributed by atoms with van der Waals surface area (Å²) in [5.41, 5.74) is 2.29. The van der Waals surface area contributed by atoms with Gasteiger partial charge in [0.1, 0.15) is 5.60 Å². The summed E-state index contributed by atoms with van der Waals surface area (Å²) in [5.74, 6) is 0. The second kappa shape index (κ2) is 9.44. The van der Waals surface area contributed by atoms with Gasteiger partial charge in [-0.2, -0.15) is 0 Å². The highest BCUT2D eigenvalue weighted by atomic mass is 16.6. The summed E-state index contributed by atoms with van der Waals surface area (Å²) < 4.78 is 5.37. The van der Waals surface area contributed by atoms with E-state index in [1.165, 1.54) is 11.1 Å². The molecule has 0 bridgehead atoms. The first kappa shape index (κ1) is 23.3. The van der Waals surface area contributed by atoms with Crippen LogP contribution in [0.25, 0.3) is 0 Å². The van der Waals surface area contributed by atoms with E-state index in [1.54, 1.807) is 0 Å². The number of piperidine rings is 1. The molecule has 1 N–H and O–H groups in total. The largest absolute Gasteiger partial charge is 0.444 e. The lowest BCUT2D eigenvalue weighted by molar-refractivity contribution is 0.0115. The molecule has 1 aliphatic rings. The molecule has 0 aliphatic carbocycles. The van der Waals surface area contributed by atoms with Gasteiger partial charge in [-0.25, -0.2) is 4.79 Å². The summed E-state index contributed by atoms with van der Waals surface area (Å²) in [6.07, 6.45) is 2.76. The average Bonchev–Trinajstić information content (AvgIpc) is 2.71. The standard InChI is InChI=1S/C27H38N2O2/c1-25(2,3)31-24(30)28-18-12-19-29-20-17-26(4,5)21-27(29,22-13-8-6-9-14-22)23-15-10-7-11-16-23/h6-11,13-16H,12,17-21H2,1-5H3,(H,28,30). The second-order valence-electron chi connectivity index (χ2n) is 10.5. The smallest absolute Gasteiger partial charge is 0.407 e. The van der Waals surface area contributed by atoms with E-state index in [4.69, 9.17) is 4.74 Å². The third kappa shape index (κ3) is 5.88. The van der Waals surface area contributed by atoms with Crippen LogP contribution in [0.1, 0.15) is 65.0 Å².